The molecule has 0 radical (unpaired) electrons. The number of carbonyl (C=O) groups excluding carboxylic acids is 2. The van der Waals surface area contributed by atoms with E-state index in [4.69, 9.17) is 15.9 Å². The number of alkyl halides is 1. The summed E-state index contributed by atoms with van der Waals surface area (Å²) in [6, 6.07) is 0. The first-order chi connectivity index (χ1) is 14.9. The first kappa shape index (κ1) is 26.9. The van der Waals surface area contributed by atoms with Gasteiger partial charge in [0.1, 0.15) is 0 Å². The van der Waals surface area contributed by atoms with Crippen molar-refractivity contribution >= 4 is 35.9 Å². The van der Waals surface area contributed by atoms with Gasteiger partial charge in [-0.25, -0.2) is 0 Å². The Bertz CT molecular complexity index is 817. The maximum atomic E-state index is 13.4. The van der Waals surface area contributed by atoms with Gasteiger partial charge in [0.25, 0.3) is 0 Å². The molecule has 0 aromatic carbocycles. The Labute approximate surface area is 203 Å². The molecule has 0 saturated carbocycles. The van der Waals surface area contributed by atoms with Gasteiger partial charge in [-0.3, -0.25) is 9.59 Å². The summed E-state index contributed by atoms with van der Waals surface area (Å²) < 4.78 is 10.5. The summed E-state index contributed by atoms with van der Waals surface area (Å²) in [4.78, 5) is 27.8. The topological polar surface area (TPSA) is 52.6 Å². The van der Waals surface area contributed by atoms with Crippen LogP contribution in [0.5, 0.6) is 0 Å². The van der Waals surface area contributed by atoms with Crippen LogP contribution in [0.1, 0.15) is 52.9 Å². The van der Waals surface area contributed by atoms with Gasteiger partial charge in [0.15, 0.2) is 5.41 Å². The van der Waals surface area contributed by atoms with Gasteiger partial charge in [-0.15, -0.1) is 12.3 Å². The van der Waals surface area contributed by atoms with Crippen LogP contribution in [0.4, 0.5) is 0 Å². The second-order valence-electron chi connectivity index (χ2n) is 10.7. The number of hydrogen-bond donors (Lipinski definition) is 0. The zero-order valence-corrected chi connectivity index (χ0v) is 23.3. The lowest BCUT2D eigenvalue weighted by Gasteiger charge is -2.45. The maximum Gasteiger partial charge on any atom is 0.324 e. The molecule has 0 fully saturated rings. The van der Waals surface area contributed by atoms with E-state index >= 15 is 0 Å². The fraction of sp³-hybridized carbons (Fsp3) is 0.692. The second-order valence-corrected chi connectivity index (χ2v) is 17.3. The minimum Gasteiger partial charge on any atom is -0.468 e. The zero-order valence-electron chi connectivity index (χ0n) is 20.7. The van der Waals surface area contributed by atoms with Crippen LogP contribution in [0.15, 0.2) is 23.3 Å². The van der Waals surface area contributed by atoms with Gasteiger partial charge in [0, 0.05) is 11.8 Å². The number of ether oxygens (including phenoxy) is 2. The van der Waals surface area contributed by atoms with E-state index in [1.165, 1.54) is 19.8 Å². The molecule has 2 aliphatic rings. The maximum absolute atomic E-state index is 13.4. The molecule has 32 heavy (non-hydrogen) atoms. The minimum atomic E-state index is -1.46. The molecule has 1 unspecified atom stereocenters. The van der Waals surface area contributed by atoms with Crippen LogP contribution in [0.25, 0.3) is 0 Å². The first-order valence-corrected chi connectivity index (χ1v) is 15.9. The van der Waals surface area contributed by atoms with Crippen LogP contribution < -0.4 is 0 Å². The van der Waals surface area contributed by atoms with Crippen LogP contribution in [0.3, 0.4) is 0 Å². The highest BCUT2D eigenvalue weighted by Gasteiger charge is 2.56. The highest BCUT2D eigenvalue weighted by Crippen LogP contribution is 2.53. The fourth-order valence-electron chi connectivity index (χ4n) is 5.59. The average Bonchev–Trinajstić information content (AvgIpc) is 2.78. The molecule has 3 atom stereocenters. The third-order valence-electron chi connectivity index (χ3n) is 8.07. The summed E-state index contributed by atoms with van der Waals surface area (Å²) in [6.45, 7) is 11.1. The summed E-state index contributed by atoms with van der Waals surface area (Å²) in [5.41, 5.74) is 1.09. The van der Waals surface area contributed by atoms with Crippen molar-refractivity contribution < 1.29 is 19.1 Å². The molecule has 0 spiro atoms. The van der Waals surface area contributed by atoms with Crippen molar-refractivity contribution in [1.82, 2.24) is 0 Å². The van der Waals surface area contributed by atoms with Gasteiger partial charge in [-0.2, -0.15) is 0 Å². The Morgan fingerprint density at radius 1 is 1.19 bits per heavy atom. The monoisotopic (exact) mass is 522 g/mol. The van der Waals surface area contributed by atoms with Crippen molar-refractivity contribution in [2.24, 2.45) is 22.7 Å². The number of methoxy groups -OCH3 is 2. The average molecular weight is 524 g/mol. The Kier molecular flexibility index (Phi) is 8.67. The molecule has 0 aromatic heterocycles. The van der Waals surface area contributed by atoms with E-state index in [1.807, 2.05) is 0 Å². The lowest BCUT2D eigenvalue weighted by atomic mass is 9.59. The summed E-state index contributed by atoms with van der Waals surface area (Å²) in [5.74, 6) is 1.69. The summed E-state index contributed by atoms with van der Waals surface area (Å²) >= 11 is 3.68. The minimum absolute atomic E-state index is 0.0613. The SMILES string of the molecule is C#CC1CCC(C)=C(CC(C(=O)OC)(C(=O)OC)[C@H]2C=C[C@@H]([Si](C)(C)CBr)CC2)C1(C)C. The van der Waals surface area contributed by atoms with Crippen molar-refractivity contribution in [3.8, 4) is 12.3 Å². The van der Waals surface area contributed by atoms with Crippen molar-refractivity contribution in [3.05, 3.63) is 23.3 Å². The van der Waals surface area contributed by atoms with Gasteiger partial charge in [-0.1, -0.05) is 66.2 Å². The number of rotatable bonds is 7. The molecule has 0 N–H and O–H groups in total. The third kappa shape index (κ3) is 4.80. The predicted molar refractivity (Wildman–Crippen MR) is 136 cm³/mol. The summed E-state index contributed by atoms with van der Waals surface area (Å²) in [5, 5.41) is 0. The predicted octanol–water partition coefficient (Wildman–Crippen LogP) is 6.07. The van der Waals surface area contributed by atoms with Gasteiger partial charge in [0.05, 0.1) is 22.3 Å². The largest absolute Gasteiger partial charge is 0.468 e. The fourth-order valence-corrected chi connectivity index (χ4v) is 8.61. The zero-order chi connectivity index (χ0) is 24.3. The van der Waals surface area contributed by atoms with Gasteiger partial charge in [0.2, 0.25) is 0 Å². The molecule has 0 amide bonds. The number of halogens is 1. The number of terminal acetylenes is 1. The molecule has 6 heteroatoms. The standard InChI is InChI=1S/C26H39BrO4Si/c1-9-19-11-10-18(2)22(25(19,3)4)16-26(23(28)30-5,24(29)31-6)20-12-14-21(15-13-20)32(7,8)17-27/h1,12,14,19-21H,10-11,13,15-17H2,2-8H3/t19?,20-,21+/m0/s1. The van der Waals surface area contributed by atoms with Crippen molar-refractivity contribution in [2.45, 2.75) is 71.5 Å². The Morgan fingerprint density at radius 3 is 2.22 bits per heavy atom. The Morgan fingerprint density at radius 2 is 1.78 bits per heavy atom. The molecule has 0 aromatic rings. The molecule has 2 aliphatic carbocycles. The quantitative estimate of drug-likeness (QED) is 0.101. The molecule has 0 heterocycles. The molecule has 2 rings (SSSR count). The van der Waals surface area contributed by atoms with Gasteiger partial charge >= 0.3 is 11.9 Å². The molecular formula is C26H39BrO4Si. The number of carbonyl (C=O) groups is 2. The lowest BCUT2D eigenvalue weighted by molar-refractivity contribution is -0.173. The van der Waals surface area contributed by atoms with Crippen LogP contribution in [0.2, 0.25) is 18.6 Å². The Hall–Kier alpha value is -1.32. The Balaban J connectivity index is 2.59. The van der Waals surface area contributed by atoms with E-state index in [0.717, 1.165) is 36.2 Å². The van der Waals surface area contributed by atoms with E-state index < -0.39 is 25.4 Å². The number of hydrogen-bond acceptors (Lipinski definition) is 4. The van der Waals surface area contributed by atoms with Crippen LogP contribution >= 0.6 is 15.9 Å². The van der Waals surface area contributed by atoms with Crippen molar-refractivity contribution in [3.63, 3.8) is 0 Å². The highest BCUT2D eigenvalue weighted by molar-refractivity contribution is 9.09. The van der Waals surface area contributed by atoms with Gasteiger partial charge in [-0.05, 0) is 54.9 Å². The van der Waals surface area contributed by atoms with E-state index in [0.29, 0.717) is 5.54 Å². The van der Waals surface area contributed by atoms with E-state index in [1.54, 1.807) is 0 Å². The second kappa shape index (κ2) is 10.3. The van der Waals surface area contributed by atoms with Crippen molar-refractivity contribution in [1.29, 1.82) is 0 Å². The lowest BCUT2D eigenvalue weighted by Crippen LogP contribution is -2.49. The third-order valence-corrected chi connectivity index (χ3v) is 15.6. The van der Waals surface area contributed by atoms with E-state index in [9.17, 15) is 9.59 Å². The normalized spacial score (nSPS) is 25.8. The number of allylic oxidation sites excluding steroid dienone is 4. The van der Waals surface area contributed by atoms with Crippen LogP contribution in [0, 0.1) is 35.0 Å². The molecule has 0 aliphatic heterocycles. The highest BCUT2D eigenvalue weighted by atomic mass is 79.9. The molecule has 4 nitrogen and oxygen atoms in total. The van der Waals surface area contributed by atoms with Crippen LogP contribution in [-0.2, 0) is 19.1 Å². The summed E-state index contributed by atoms with van der Waals surface area (Å²) in [6.07, 6.45) is 14.0. The van der Waals surface area contributed by atoms with E-state index in [-0.39, 0.29) is 23.7 Å². The summed E-state index contributed by atoms with van der Waals surface area (Å²) in [7, 11) is 1.25. The molecule has 0 bridgehead atoms. The smallest absolute Gasteiger partial charge is 0.324 e. The van der Waals surface area contributed by atoms with Crippen LogP contribution in [-0.4, -0.2) is 39.2 Å². The molecule has 0 saturated heterocycles. The molecule has 178 valence electrons. The van der Waals surface area contributed by atoms with Gasteiger partial charge < -0.3 is 9.47 Å². The molecular weight excluding hydrogens is 484 g/mol. The number of esters is 2. The van der Waals surface area contributed by atoms with E-state index in [2.05, 4.69) is 67.9 Å². The van der Waals surface area contributed by atoms with Crippen molar-refractivity contribution in [2.75, 3.05) is 19.2 Å². The first-order valence-electron chi connectivity index (χ1n) is 11.5.